The largest absolute Gasteiger partial charge is 0.469 e. The molecule has 42 heavy (non-hydrogen) atoms. The monoisotopic (exact) mass is 580 g/mol. The Balaban J connectivity index is 1.71. The van der Waals surface area contributed by atoms with Crippen LogP contribution in [-0.4, -0.2) is 73.3 Å². The van der Waals surface area contributed by atoms with Gasteiger partial charge in [0.1, 0.15) is 17.8 Å². The molecule has 1 aliphatic heterocycles. The van der Waals surface area contributed by atoms with Crippen molar-refractivity contribution in [2.45, 2.75) is 78.6 Å². The van der Waals surface area contributed by atoms with E-state index in [4.69, 9.17) is 9.47 Å². The molecule has 0 bridgehead atoms. The van der Waals surface area contributed by atoms with Crippen molar-refractivity contribution in [1.29, 1.82) is 0 Å². The van der Waals surface area contributed by atoms with Crippen LogP contribution in [0.3, 0.4) is 0 Å². The van der Waals surface area contributed by atoms with Crippen LogP contribution in [0.1, 0.15) is 82.2 Å². The second-order valence-electron chi connectivity index (χ2n) is 11.4. The average Bonchev–Trinajstić information content (AvgIpc) is 2.97. The van der Waals surface area contributed by atoms with Crippen molar-refractivity contribution in [3.05, 3.63) is 65.2 Å². The van der Waals surface area contributed by atoms with E-state index in [0.717, 1.165) is 29.5 Å². The van der Waals surface area contributed by atoms with Gasteiger partial charge < -0.3 is 19.7 Å². The Morgan fingerprint density at radius 1 is 0.976 bits per heavy atom. The summed E-state index contributed by atoms with van der Waals surface area (Å²) >= 11 is 0. The molecule has 0 spiro atoms. The van der Waals surface area contributed by atoms with Gasteiger partial charge in [-0.3, -0.25) is 9.69 Å². The first-order chi connectivity index (χ1) is 20.0. The van der Waals surface area contributed by atoms with E-state index in [1.54, 1.807) is 14.1 Å². The van der Waals surface area contributed by atoms with Crippen molar-refractivity contribution in [2.75, 3.05) is 34.3 Å². The van der Waals surface area contributed by atoms with Crippen LogP contribution in [0.4, 0.5) is 9.59 Å². The number of hydrogen-bond acceptors (Lipinski definition) is 6. The molecular formula is C33H48N4O5. The maximum Gasteiger partial charge on any atom is 0.409 e. The number of β-lactam (4-membered cyclic amide) rings is 1. The minimum absolute atomic E-state index is 0.0762. The van der Waals surface area contributed by atoms with Crippen LogP contribution in [0.15, 0.2) is 48.5 Å². The van der Waals surface area contributed by atoms with Crippen molar-refractivity contribution >= 4 is 18.0 Å². The number of amides is 4. The third-order valence-electron chi connectivity index (χ3n) is 8.49. The second-order valence-corrected chi connectivity index (χ2v) is 11.4. The maximum absolute atomic E-state index is 13.5. The van der Waals surface area contributed by atoms with Crippen molar-refractivity contribution in [3.8, 4) is 5.75 Å². The highest BCUT2D eigenvalue weighted by molar-refractivity contribution is 6.03. The van der Waals surface area contributed by atoms with Gasteiger partial charge in [0, 0.05) is 26.7 Å². The average molecular weight is 581 g/mol. The fourth-order valence-electron chi connectivity index (χ4n) is 5.34. The van der Waals surface area contributed by atoms with E-state index in [-0.39, 0.29) is 24.1 Å². The van der Waals surface area contributed by atoms with E-state index in [2.05, 4.69) is 24.1 Å². The predicted molar refractivity (Wildman–Crippen MR) is 164 cm³/mol. The smallest absolute Gasteiger partial charge is 0.409 e. The minimum Gasteiger partial charge on any atom is -0.469 e. The molecule has 0 unspecified atom stereocenters. The zero-order valence-corrected chi connectivity index (χ0v) is 26.5. The Hall–Kier alpha value is -3.59. The first-order valence-electron chi connectivity index (χ1n) is 15.0. The van der Waals surface area contributed by atoms with Crippen LogP contribution in [0, 0.1) is 12.3 Å². The standard InChI is InChI=1S/C33H48N4O5/c1-9-12-28(26-15-13-23(4)14-16-26)34-31(39)37-29(38)33(10-2,11-3)30(37)42-27-19-17-25(18-20-27)24(5)36(8)21-22-41-32(40)35(6)7/h13-20,24,28,30H,9-12,21-22H2,1-8H3,(H,34,39)/t24-,28-,30+/m1/s1. The fourth-order valence-corrected chi connectivity index (χ4v) is 5.34. The predicted octanol–water partition coefficient (Wildman–Crippen LogP) is 6.29. The van der Waals surface area contributed by atoms with Gasteiger partial charge in [0.25, 0.3) is 0 Å². The Labute approximate surface area is 251 Å². The first kappa shape index (κ1) is 32.9. The highest BCUT2D eigenvalue weighted by Gasteiger charge is 2.63. The summed E-state index contributed by atoms with van der Waals surface area (Å²) in [4.78, 5) is 43.4. The van der Waals surface area contributed by atoms with Crippen molar-refractivity contribution in [1.82, 2.24) is 20.0 Å². The zero-order chi connectivity index (χ0) is 31.0. The number of benzene rings is 2. The quantitative estimate of drug-likeness (QED) is 0.280. The van der Waals surface area contributed by atoms with Crippen molar-refractivity contribution in [2.24, 2.45) is 5.41 Å². The number of urea groups is 1. The molecule has 9 heteroatoms. The number of rotatable bonds is 13. The molecule has 3 atom stereocenters. The zero-order valence-electron chi connectivity index (χ0n) is 26.5. The first-order valence-corrected chi connectivity index (χ1v) is 15.0. The van der Waals surface area contributed by atoms with Crippen molar-refractivity contribution < 1.29 is 23.9 Å². The Kier molecular flexibility index (Phi) is 11.4. The molecule has 1 N–H and O–H groups in total. The number of carbonyl (C=O) groups is 3. The normalized spacial score (nSPS) is 17.3. The number of nitrogens with one attached hydrogen (secondary N) is 1. The number of imide groups is 1. The van der Waals surface area contributed by atoms with Crippen LogP contribution in [0.2, 0.25) is 0 Å². The third kappa shape index (κ3) is 7.24. The van der Waals surface area contributed by atoms with E-state index in [0.29, 0.717) is 31.7 Å². The fraction of sp³-hybridized carbons (Fsp3) is 0.545. The van der Waals surface area contributed by atoms with Crippen molar-refractivity contribution in [3.63, 3.8) is 0 Å². The summed E-state index contributed by atoms with van der Waals surface area (Å²) in [6.07, 6.45) is 1.75. The number of nitrogens with zero attached hydrogens (tertiary/aromatic N) is 3. The van der Waals surface area contributed by atoms with Gasteiger partial charge in [-0.1, -0.05) is 69.2 Å². The number of hydrogen-bond donors (Lipinski definition) is 1. The summed E-state index contributed by atoms with van der Waals surface area (Å²) in [7, 11) is 5.29. The molecule has 0 aromatic heterocycles. The van der Waals surface area contributed by atoms with E-state index >= 15 is 0 Å². The molecule has 230 valence electrons. The molecule has 9 nitrogen and oxygen atoms in total. The van der Waals surface area contributed by atoms with Crippen LogP contribution < -0.4 is 10.1 Å². The van der Waals surface area contributed by atoms with E-state index < -0.39 is 17.7 Å². The molecule has 3 rings (SSSR count). The van der Waals surface area contributed by atoms with Crippen LogP contribution >= 0.6 is 0 Å². The topological polar surface area (TPSA) is 91.4 Å². The maximum atomic E-state index is 13.5. The van der Waals surface area contributed by atoms with E-state index in [1.807, 2.05) is 76.3 Å². The minimum atomic E-state index is -0.752. The number of likely N-dealkylation sites (N-methyl/N-ethyl adjacent to an activating group) is 1. The molecule has 0 saturated carbocycles. The number of aryl methyl sites for hydroxylation is 1. The number of likely N-dealkylation sites (tertiary alicyclic amines) is 1. The molecule has 2 aromatic rings. The van der Waals surface area contributed by atoms with Gasteiger partial charge in [-0.25, -0.2) is 14.5 Å². The highest BCUT2D eigenvalue weighted by atomic mass is 16.6. The lowest BCUT2D eigenvalue weighted by Gasteiger charge is -2.53. The lowest BCUT2D eigenvalue weighted by Crippen LogP contribution is -2.73. The van der Waals surface area contributed by atoms with Gasteiger partial charge in [-0.05, 0) is 63.4 Å². The molecule has 0 radical (unpaired) electrons. The summed E-state index contributed by atoms with van der Waals surface area (Å²) < 4.78 is 11.6. The Bertz CT molecular complexity index is 1190. The van der Waals surface area contributed by atoms with Gasteiger partial charge in [0.2, 0.25) is 5.91 Å². The molecule has 1 aliphatic rings. The third-order valence-corrected chi connectivity index (χ3v) is 8.49. The van der Waals surface area contributed by atoms with Gasteiger partial charge >= 0.3 is 12.1 Å². The van der Waals surface area contributed by atoms with Crippen LogP contribution in [0.25, 0.3) is 0 Å². The number of ether oxygens (including phenoxy) is 2. The lowest BCUT2D eigenvalue weighted by atomic mass is 9.72. The molecule has 1 fully saturated rings. The Morgan fingerprint density at radius 3 is 2.12 bits per heavy atom. The summed E-state index contributed by atoms with van der Waals surface area (Å²) in [5.41, 5.74) is 2.49. The van der Waals surface area contributed by atoms with Gasteiger partial charge in [0.15, 0.2) is 6.23 Å². The molecular weight excluding hydrogens is 532 g/mol. The lowest BCUT2D eigenvalue weighted by molar-refractivity contribution is -0.191. The Morgan fingerprint density at radius 2 is 1.57 bits per heavy atom. The molecule has 1 heterocycles. The summed E-state index contributed by atoms with van der Waals surface area (Å²) in [6.45, 7) is 11.0. The van der Waals surface area contributed by atoms with Crippen LogP contribution in [0.5, 0.6) is 5.75 Å². The molecule has 2 aromatic carbocycles. The van der Waals surface area contributed by atoms with Crippen LogP contribution in [-0.2, 0) is 9.53 Å². The van der Waals surface area contributed by atoms with E-state index in [9.17, 15) is 14.4 Å². The van der Waals surface area contributed by atoms with E-state index in [1.165, 1.54) is 9.80 Å². The summed E-state index contributed by atoms with van der Waals surface area (Å²) in [6, 6.07) is 15.3. The SMILES string of the molecule is CCC[C@@H](NC(=O)N1C(=O)C(CC)(CC)[C@@H]1Oc1ccc([C@@H](C)N(C)CCOC(=O)N(C)C)cc1)c1ccc(C)cc1. The van der Waals surface area contributed by atoms with Gasteiger partial charge in [0.05, 0.1) is 6.04 Å². The molecule has 0 aliphatic carbocycles. The molecule has 1 saturated heterocycles. The van der Waals surface area contributed by atoms with Gasteiger partial charge in [-0.2, -0.15) is 0 Å². The molecule has 4 amide bonds. The highest BCUT2D eigenvalue weighted by Crippen LogP contribution is 2.46. The second kappa shape index (κ2) is 14.5. The summed E-state index contributed by atoms with van der Waals surface area (Å²) in [5.74, 6) is 0.398. The number of carbonyl (C=O) groups excluding carboxylic acids is 3. The summed E-state index contributed by atoms with van der Waals surface area (Å²) in [5, 5.41) is 3.10. The van der Waals surface area contributed by atoms with Gasteiger partial charge in [-0.15, -0.1) is 0 Å².